The smallest absolute Gasteiger partial charge is 0.327 e. The molecule has 0 atom stereocenters. The van der Waals surface area contributed by atoms with E-state index in [-0.39, 0.29) is 17.4 Å². The lowest BCUT2D eigenvalue weighted by atomic mass is 10.4. The molecule has 2 heterocycles. The summed E-state index contributed by atoms with van der Waals surface area (Å²) in [6.45, 7) is -1.20. The van der Waals surface area contributed by atoms with E-state index in [9.17, 15) is 19.2 Å². The van der Waals surface area contributed by atoms with Gasteiger partial charge in [0.1, 0.15) is 13.1 Å². The summed E-state index contributed by atoms with van der Waals surface area (Å²) in [5.74, 6) is -1.99. The van der Waals surface area contributed by atoms with Gasteiger partial charge in [0.25, 0.3) is 11.8 Å². The molecule has 0 bridgehead atoms. The number of pyridine rings is 1. The number of imide groups is 1. The van der Waals surface area contributed by atoms with Crippen LogP contribution in [0.2, 0.25) is 5.15 Å². The van der Waals surface area contributed by atoms with Crippen LogP contribution in [0.5, 0.6) is 0 Å². The topological polar surface area (TPSA) is 109 Å². The van der Waals surface area contributed by atoms with E-state index < -0.39 is 37.0 Å². The molecule has 1 aromatic heterocycles. The molecule has 1 N–H and O–H groups in total. The van der Waals surface area contributed by atoms with Crippen molar-refractivity contribution in [3.63, 3.8) is 0 Å². The molecule has 4 amide bonds. The third kappa shape index (κ3) is 4.16. The highest BCUT2D eigenvalue weighted by Crippen LogP contribution is 2.17. The summed E-state index contributed by atoms with van der Waals surface area (Å²) < 4.78 is 4.73. The number of esters is 1. The first-order chi connectivity index (χ1) is 10.9. The first-order valence-electron chi connectivity index (χ1n) is 6.50. The van der Waals surface area contributed by atoms with Crippen LogP contribution in [0.15, 0.2) is 18.3 Å². The Balaban J connectivity index is 1.80. The highest BCUT2D eigenvalue weighted by atomic mass is 35.5. The maximum absolute atomic E-state index is 11.7. The number of likely N-dealkylation sites (N-methyl/N-ethyl adjacent to an activating group) is 1. The zero-order chi connectivity index (χ0) is 17.0. The van der Waals surface area contributed by atoms with Gasteiger partial charge in [-0.1, -0.05) is 11.6 Å². The van der Waals surface area contributed by atoms with Gasteiger partial charge in [0, 0.05) is 13.2 Å². The lowest BCUT2D eigenvalue weighted by Crippen LogP contribution is -2.37. The number of ether oxygens (including phenoxy) is 1. The van der Waals surface area contributed by atoms with Crippen molar-refractivity contribution in [3.05, 3.63) is 23.5 Å². The van der Waals surface area contributed by atoms with Crippen LogP contribution in [0.1, 0.15) is 0 Å². The maximum Gasteiger partial charge on any atom is 0.327 e. The molecule has 1 saturated heterocycles. The molecule has 10 heteroatoms. The fraction of sp³-hybridized carbons (Fsp3) is 0.308. The second-order valence-corrected chi connectivity index (χ2v) is 5.03. The van der Waals surface area contributed by atoms with Gasteiger partial charge in [0.2, 0.25) is 0 Å². The number of urea groups is 1. The van der Waals surface area contributed by atoms with Crippen LogP contribution < -0.4 is 5.32 Å². The van der Waals surface area contributed by atoms with Crippen LogP contribution in [-0.2, 0) is 19.1 Å². The van der Waals surface area contributed by atoms with E-state index in [4.69, 9.17) is 16.3 Å². The van der Waals surface area contributed by atoms with Gasteiger partial charge in [-0.05, 0) is 12.1 Å². The number of nitrogens with zero attached hydrogens (tertiary/aromatic N) is 3. The quantitative estimate of drug-likeness (QED) is 0.463. The Hall–Kier alpha value is -2.68. The number of anilines is 1. The zero-order valence-electron chi connectivity index (χ0n) is 12.1. The molecule has 122 valence electrons. The fourth-order valence-corrected chi connectivity index (χ4v) is 1.98. The number of carbonyl (C=O) groups excluding carboxylic acids is 4. The van der Waals surface area contributed by atoms with E-state index >= 15 is 0 Å². The minimum absolute atomic E-state index is 0.0912. The molecule has 1 aromatic rings. The molecular weight excluding hydrogens is 328 g/mol. The summed E-state index contributed by atoms with van der Waals surface area (Å²) in [4.78, 5) is 52.1. The van der Waals surface area contributed by atoms with Crippen molar-refractivity contribution >= 4 is 41.1 Å². The van der Waals surface area contributed by atoms with Crippen LogP contribution in [0.3, 0.4) is 0 Å². The molecule has 1 aliphatic heterocycles. The number of carbonyl (C=O) groups is 4. The summed E-state index contributed by atoms with van der Waals surface area (Å²) in [6.07, 6.45) is 1.46. The van der Waals surface area contributed by atoms with Crippen molar-refractivity contribution in [2.45, 2.75) is 0 Å². The van der Waals surface area contributed by atoms with Gasteiger partial charge >= 0.3 is 12.0 Å². The van der Waals surface area contributed by atoms with Crippen LogP contribution in [0.25, 0.3) is 0 Å². The van der Waals surface area contributed by atoms with Gasteiger partial charge in [0.15, 0.2) is 11.8 Å². The second-order valence-electron chi connectivity index (χ2n) is 4.67. The number of amides is 4. The Morgan fingerprint density at radius 1 is 1.43 bits per heavy atom. The average molecular weight is 341 g/mol. The van der Waals surface area contributed by atoms with Gasteiger partial charge in [0.05, 0.1) is 5.69 Å². The van der Waals surface area contributed by atoms with Crippen LogP contribution in [0.4, 0.5) is 10.5 Å². The van der Waals surface area contributed by atoms with Crippen molar-refractivity contribution in [2.24, 2.45) is 0 Å². The van der Waals surface area contributed by atoms with E-state index in [1.54, 1.807) is 6.07 Å². The first kappa shape index (κ1) is 16.7. The number of rotatable bonds is 5. The zero-order valence-corrected chi connectivity index (χ0v) is 12.9. The Bertz CT molecular complexity index is 666. The number of aromatic nitrogens is 1. The number of hydrogen-bond donors (Lipinski definition) is 1. The van der Waals surface area contributed by atoms with Crippen LogP contribution in [0, 0.1) is 0 Å². The van der Waals surface area contributed by atoms with Crippen molar-refractivity contribution in [1.82, 2.24) is 14.8 Å². The van der Waals surface area contributed by atoms with Crippen molar-refractivity contribution < 1.29 is 23.9 Å². The molecule has 0 aromatic carbocycles. The van der Waals surface area contributed by atoms with Crippen molar-refractivity contribution in [1.29, 1.82) is 0 Å². The van der Waals surface area contributed by atoms with Gasteiger partial charge in [-0.15, -0.1) is 0 Å². The molecule has 0 spiro atoms. The highest BCUT2D eigenvalue weighted by Gasteiger charge is 2.35. The lowest BCUT2D eigenvalue weighted by molar-refractivity contribution is -0.149. The second kappa shape index (κ2) is 7.05. The van der Waals surface area contributed by atoms with E-state index in [2.05, 4.69) is 10.3 Å². The average Bonchev–Trinajstić information content (AvgIpc) is 2.74. The molecule has 0 aliphatic carbocycles. The van der Waals surface area contributed by atoms with E-state index in [0.29, 0.717) is 0 Å². The van der Waals surface area contributed by atoms with Gasteiger partial charge in [-0.25, -0.2) is 9.78 Å². The minimum Gasteiger partial charge on any atom is -0.454 e. The molecule has 1 fully saturated rings. The molecular formula is C13H13ClN4O5. The van der Waals surface area contributed by atoms with Crippen LogP contribution in [-0.4, -0.2) is 65.3 Å². The molecule has 0 saturated carbocycles. The molecule has 0 unspecified atom stereocenters. The minimum atomic E-state index is -0.866. The monoisotopic (exact) mass is 340 g/mol. The first-order valence-corrected chi connectivity index (χ1v) is 6.87. The van der Waals surface area contributed by atoms with E-state index in [1.807, 2.05) is 0 Å². The Kier molecular flexibility index (Phi) is 5.12. The summed E-state index contributed by atoms with van der Waals surface area (Å²) in [7, 11) is 1.44. The summed E-state index contributed by atoms with van der Waals surface area (Å²) in [5.41, 5.74) is 0.279. The predicted octanol–water partition coefficient (Wildman–Crippen LogP) is 0.111. The van der Waals surface area contributed by atoms with Crippen molar-refractivity contribution in [3.8, 4) is 0 Å². The van der Waals surface area contributed by atoms with Crippen molar-refractivity contribution in [2.75, 3.05) is 32.1 Å². The van der Waals surface area contributed by atoms with E-state index in [1.165, 1.54) is 24.2 Å². The summed E-state index contributed by atoms with van der Waals surface area (Å²) in [5, 5.41) is 2.52. The molecule has 1 aliphatic rings. The Morgan fingerprint density at radius 2 is 2.17 bits per heavy atom. The summed E-state index contributed by atoms with van der Waals surface area (Å²) >= 11 is 5.77. The summed E-state index contributed by atoms with van der Waals surface area (Å²) in [6, 6.07) is 2.53. The number of halogens is 1. The van der Waals surface area contributed by atoms with Gasteiger partial charge in [-0.2, -0.15) is 0 Å². The number of nitrogens with one attached hydrogen (secondary N) is 1. The molecule has 9 nitrogen and oxygen atoms in total. The molecule has 23 heavy (non-hydrogen) atoms. The molecule has 2 rings (SSSR count). The van der Waals surface area contributed by atoms with E-state index in [0.717, 1.165) is 4.90 Å². The normalized spacial score (nSPS) is 14.2. The third-order valence-corrected chi connectivity index (χ3v) is 3.22. The maximum atomic E-state index is 11.7. The number of hydrogen-bond acceptors (Lipinski definition) is 6. The van der Waals surface area contributed by atoms with Gasteiger partial charge in [-0.3, -0.25) is 19.3 Å². The third-order valence-electron chi connectivity index (χ3n) is 2.92. The Labute approximate surface area is 136 Å². The van der Waals surface area contributed by atoms with Crippen LogP contribution >= 0.6 is 11.6 Å². The largest absolute Gasteiger partial charge is 0.454 e. The SMILES string of the molecule is CN1CC(=O)N(CC(=O)OCC(=O)Nc2cccnc2Cl)C1=O. The Morgan fingerprint density at radius 3 is 2.78 bits per heavy atom. The standard InChI is InChI=1S/C13H13ClN4O5/c1-17-5-10(20)18(13(17)22)6-11(21)23-7-9(19)16-8-3-2-4-15-12(8)14/h2-4H,5-7H2,1H3,(H,16,19). The predicted molar refractivity (Wildman–Crippen MR) is 78.6 cm³/mol. The fourth-order valence-electron chi connectivity index (χ4n) is 1.81. The lowest BCUT2D eigenvalue weighted by Gasteiger charge is -2.13. The molecule has 0 radical (unpaired) electrons. The highest BCUT2D eigenvalue weighted by molar-refractivity contribution is 6.32. The van der Waals surface area contributed by atoms with Gasteiger partial charge < -0.3 is 15.0 Å².